The molecular weight excluding hydrogens is 338 g/mol. The van der Waals surface area contributed by atoms with Gasteiger partial charge >= 0.3 is 0 Å². The van der Waals surface area contributed by atoms with Crippen LogP contribution in [0.1, 0.15) is 20.8 Å². The molecule has 2 aromatic carbocycles. The fourth-order valence-electron chi connectivity index (χ4n) is 4.25. The fourth-order valence-corrected chi connectivity index (χ4v) is 4.25. The molecule has 4 heteroatoms. The van der Waals surface area contributed by atoms with Crippen LogP contribution >= 0.6 is 0 Å². The Morgan fingerprint density at radius 1 is 1.00 bits per heavy atom. The van der Waals surface area contributed by atoms with Crippen LogP contribution in [0.5, 0.6) is 5.75 Å². The van der Waals surface area contributed by atoms with Crippen molar-refractivity contribution in [2.45, 2.75) is 39.1 Å². The molecular formula is C23H32NO3+. The zero-order valence-electron chi connectivity index (χ0n) is 16.7. The third kappa shape index (κ3) is 5.32. The van der Waals surface area contributed by atoms with Gasteiger partial charge in [0.1, 0.15) is 50.3 Å². The number of benzene rings is 2. The highest BCUT2D eigenvalue weighted by molar-refractivity contribution is 5.63. The topological polar surface area (TPSA) is 38.7 Å². The molecule has 27 heavy (non-hydrogen) atoms. The molecule has 1 fully saturated rings. The largest absolute Gasteiger partial charge is 0.491 e. The van der Waals surface area contributed by atoms with Gasteiger partial charge in [-0.1, -0.05) is 42.5 Å². The molecule has 0 spiro atoms. The lowest BCUT2D eigenvalue weighted by atomic mass is 10.1. The van der Waals surface area contributed by atoms with Gasteiger partial charge in [-0.2, -0.15) is 0 Å². The molecule has 0 aliphatic carbocycles. The van der Waals surface area contributed by atoms with Gasteiger partial charge in [-0.15, -0.1) is 0 Å². The molecule has 2 aromatic rings. The predicted octanol–water partition coefficient (Wildman–Crippen LogP) is 3.74. The number of ether oxygens (including phenoxy) is 2. The van der Waals surface area contributed by atoms with Crippen molar-refractivity contribution in [2.75, 3.05) is 32.8 Å². The first-order chi connectivity index (χ1) is 13.0. The van der Waals surface area contributed by atoms with E-state index < -0.39 is 6.10 Å². The molecule has 1 aliphatic heterocycles. The molecule has 3 unspecified atom stereocenters. The monoisotopic (exact) mass is 370 g/mol. The molecule has 0 radical (unpaired) electrons. The summed E-state index contributed by atoms with van der Waals surface area (Å²) in [6.45, 7) is 10.4. The Bertz CT molecular complexity index is 691. The summed E-state index contributed by atoms with van der Waals surface area (Å²) < 4.78 is 12.6. The zero-order valence-corrected chi connectivity index (χ0v) is 16.7. The van der Waals surface area contributed by atoms with Crippen LogP contribution in [0.2, 0.25) is 0 Å². The van der Waals surface area contributed by atoms with Crippen molar-refractivity contribution < 1.29 is 19.1 Å². The summed E-state index contributed by atoms with van der Waals surface area (Å²) in [5.74, 6) is 0.792. The van der Waals surface area contributed by atoms with E-state index in [-0.39, 0.29) is 12.2 Å². The van der Waals surface area contributed by atoms with Gasteiger partial charge in [0.05, 0.1) is 6.54 Å². The zero-order chi connectivity index (χ0) is 19.3. The second-order valence-corrected chi connectivity index (χ2v) is 7.82. The van der Waals surface area contributed by atoms with Crippen molar-refractivity contribution in [2.24, 2.45) is 0 Å². The summed E-state index contributed by atoms with van der Waals surface area (Å²) in [6.07, 6.45) is -0.0315. The molecule has 1 heterocycles. The minimum Gasteiger partial charge on any atom is -0.491 e. The average Bonchev–Trinajstić information content (AvgIpc) is 2.66. The van der Waals surface area contributed by atoms with E-state index in [2.05, 4.69) is 45.0 Å². The van der Waals surface area contributed by atoms with Gasteiger partial charge in [0.25, 0.3) is 0 Å². The minimum absolute atomic E-state index is 0.229. The van der Waals surface area contributed by atoms with Gasteiger partial charge in [-0.25, -0.2) is 0 Å². The van der Waals surface area contributed by atoms with Crippen LogP contribution in [0.25, 0.3) is 11.1 Å². The summed E-state index contributed by atoms with van der Waals surface area (Å²) in [5.41, 5.74) is 2.35. The Morgan fingerprint density at radius 3 is 2.19 bits per heavy atom. The third-order valence-corrected chi connectivity index (χ3v) is 5.43. The van der Waals surface area contributed by atoms with Gasteiger partial charge in [-0.05, 0) is 44.0 Å². The van der Waals surface area contributed by atoms with Gasteiger partial charge in [0.15, 0.2) is 0 Å². The first-order valence-electron chi connectivity index (χ1n) is 9.96. The summed E-state index contributed by atoms with van der Waals surface area (Å²) in [6, 6.07) is 18.3. The van der Waals surface area contributed by atoms with E-state index in [1.54, 1.807) is 0 Å². The SMILES string of the molecule is CC[N+]1(CC(O)COc2ccc(-c3ccccc3)cc2)CC(C)OC(C)C1. The maximum absolute atomic E-state index is 10.6. The van der Waals surface area contributed by atoms with Crippen molar-refractivity contribution in [1.29, 1.82) is 0 Å². The highest BCUT2D eigenvalue weighted by atomic mass is 16.5. The van der Waals surface area contributed by atoms with E-state index >= 15 is 0 Å². The molecule has 3 rings (SSSR count). The standard InChI is InChI=1S/C23H32NO3/c1-4-24(14-18(2)27-19(3)15-24)16-22(25)17-26-23-12-10-21(11-13-23)20-8-6-5-7-9-20/h5-13,18-19,22,25H,4,14-17H2,1-3H3/q+1. The van der Waals surface area contributed by atoms with Gasteiger partial charge in [0, 0.05) is 0 Å². The predicted molar refractivity (Wildman–Crippen MR) is 109 cm³/mol. The van der Waals surface area contributed by atoms with Crippen LogP contribution in [0.15, 0.2) is 54.6 Å². The minimum atomic E-state index is -0.490. The normalized spacial score (nSPS) is 26.5. The average molecular weight is 371 g/mol. The number of rotatable bonds is 7. The van der Waals surface area contributed by atoms with E-state index in [4.69, 9.17) is 9.47 Å². The molecule has 0 saturated carbocycles. The number of likely N-dealkylation sites (N-methyl/N-ethyl adjacent to an activating group) is 1. The Labute approximate surface area is 162 Å². The molecule has 1 N–H and O–H groups in total. The lowest BCUT2D eigenvalue weighted by Gasteiger charge is -2.46. The Morgan fingerprint density at radius 2 is 1.59 bits per heavy atom. The maximum atomic E-state index is 10.6. The summed E-state index contributed by atoms with van der Waals surface area (Å²) in [7, 11) is 0. The van der Waals surface area contributed by atoms with Crippen molar-refractivity contribution in [1.82, 2.24) is 0 Å². The molecule has 0 amide bonds. The van der Waals surface area contributed by atoms with Crippen molar-refractivity contribution in [3.8, 4) is 16.9 Å². The number of hydrogen-bond acceptors (Lipinski definition) is 3. The summed E-state index contributed by atoms with van der Waals surface area (Å²) in [5, 5.41) is 10.6. The Hall–Kier alpha value is -1.88. The second kappa shape index (κ2) is 8.87. The second-order valence-electron chi connectivity index (χ2n) is 7.82. The number of hydrogen-bond donors (Lipinski definition) is 1. The van der Waals surface area contributed by atoms with Crippen LogP contribution in [0, 0.1) is 0 Å². The molecule has 146 valence electrons. The molecule has 4 nitrogen and oxygen atoms in total. The number of quaternary nitrogens is 1. The van der Waals surface area contributed by atoms with E-state index in [1.807, 2.05) is 30.3 Å². The van der Waals surface area contributed by atoms with Crippen LogP contribution in [0.4, 0.5) is 0 Å². The lowest BCUT2D eigenvalue weighted by Crippen LogP contribution is -2.62. The number of morpholine rings is 1. The summed E-state index contributed by atoms with van der Waals surface area (Å²) >= 11 is 0. The summed E-state index contributed by atoms with van der Waals surface area (Å²) in [4.78, 5) is 0. The fraction of sp³-hybridized carbons (Fsp3) is 0.478. The Kier molecular flexibility index (Phi) is 6.53. The molecule has 1 aliphatic rings. The van der Waals surface area contributed by atoms with Gasteiger partial charge in [-0.3, -0.25) is 0 Å². The van der Waals surface area contributed by atoms with Crippen molar-refractivity contribution in [3.05, 3.63) is 54.6 Å². The first-order valence-corrected chi connectivity index (χ1v) is 9.96. The van der Waals surface area contributed by atoms with Crippen LogP contribution in [-0.4, -0.2) is 60.7 Å². The van der Waals surface area contributed by atoms with E-state index in [1.165, 1.54) is 5.56 Å². The number of aliphatic hydroxyl groups is 1. The smallest absolute Gasteiger partial charge is 0.137 e. The highest BCUT2D eigenvalue weighted by Gasteiger charge is 2.37. The van der Waals surface area contributed by atoms with Crippen LogP contribution in [0.3, 0.4) is 0 Å². The van der Waals surface area contributed by atoms with Crippen molar-refractivity contribution in [3.63, 3.8) is 0 Å². The lowest BCUT2D eigenvalue weighted by molar-refractivity contribution is -0.942. The number of nitrogens with zero attached hydrogens (tertiary/aromatic N) is 1. The quantitative estimate of drug-likeness (QED) is 0.755. The first kappa shape index (κ1) is 19.9. The maximum Gasteiger partial charge on any atom is 0.137 e. The van der Waals surface area contributed by atoms with Gasteiger partial charge < -0.3 is 19.1 Å². The number of aliphatic hydroxyl groups excluding tert-OH is 1. The van der Waals surface area contributed by atoms with E-state index in [0.717, 1.165) is 35.4 Å². The van der Waals surface area contributed by atoms with E-state index in [9.17, 15) is 5.11 Å². The highest BCUT2D eigenvalue weighted by Crippen LogP contribution is 2.23. The molecule has 3 atom stereocenters. The van der Waals surface area contributed by atoms with Crippen molar-refractivity contribution >= 4 is 0 Å². The van der Waals surface area contributed by atoms with Crippen LogP contribution in [-0.2, 0) is 4.74 Å². The van der Waals surface area contributed by atoms with Crippen LogP contribution < -0.4 is 4.74 Å². The Balaban J connectivity index is 1.55. The molecule has 0 bridgehead atoms. The molecule has 0 aromatic heterocycles. The van der Waals surface area contributed by atoms with Gasteiger partial charge in [0.2, 0.25) is 0 Å². The third-order valence-electron chi connectivity index (χ3n) is 5.43. The molecule has 1 saturated heterocycles. The van der Waals surface area contributed by atoms with E-state index in [0.29, 0.717) is 13.2 Å².